The fourth-order valence-electron chi connectivity index (χ4n) is 3.05. The Hall–Kier alpha value is -1.12. The highest BCUT2D eigenvalue weighted by molar-refractivity contribution is 5.25. The topological polar surface area (TPSA) is 46.2 Å². The van der Waals surface area contributed by atoms with Gasteiger partial charge < -0.3 is 10.8 Å². The number of nitrogens with two attached hydrogens (primary N) is 1. The second-order valence-electron chi connectivity index (χ2n) is 5.48. The first kappa shape index (κ1) is 14.3. The summed E-state index contributed by atoms with van der Waals surface area (Å²) >= 11 is 0. The maximum Gasteiger partial charge on any atom is 0.0585 e. The van der Waals surface area contributed by atoms with Crippen molar-refractivity contribution in [1.82, 2.24) is 0 Å². The molecule has 2 aliphatic carbocycles. The summed E-state index contributed by atoms with van der Waals surface area (Å²) in [7, 11) is 0. The van der Waals surface area contributed by atoms with Gasteiger partial charge in [-0.1, -0.05) is 61.4 Å². The van der Waals surface area contributed by atoms with Crippen LogP contribution in [0.3, 0.4) is 0 Å². The van der Waals surface area contributed by atoms with E-state index >= 15 is 0 Å². The van der Waals surface area contributed by atoms with Gasteiger partial charge in [-0.2, -0.15) is 0 Å². The maximum atomic E-state index is 10.6. The van der Waals surface area contributed by atoms with Crippen molar-refractivity contribution in [2.24, 2.45) is 23.5 Å². The molecular formula is C17H25NO. The van der Waals surface area contributed by atoms with Crippen LogP contribution in [0.15, 0.2) is 48.6 Å². The van der Waals surface area contributed by atoms with Gasteiger partial charge >= 0.3 is 0 Å². The van der Waals surface area contributed by atoms with E-state index < -0.39 is 0 Å². The van der Waals surface area contributed by atoms with Crippen LogP contribution in [0.2, 0.25) is 0 Å². The molecule has 1 atom stereocenters. The number of hydrogen-bond acceptors (Lipinski definition) is 2. The van der Waals surface area contributed by atoms with Gasteiger partial charge in [0.1, 0.15) is 0 Å². The molecule has 0 saturated heterocycles. The van der Waals surface area contributed by atoms with Gasteiger partial charge in [0.2, 0.25) is 0 Å². The Kier molecular flexibility index (Phi) is 5.62. The molecule has 0 aromatic carbocycles. The summed E-state index contributed by atoms with van der Waals surface area (Å²) in [6.45, 7) is 0.752. The molecule has 0 heterocycles. The molecule has 0 aromatic heterocycles. The molecule has 2 rings (SSSR count). The molecule has 19 heavy (non-hydrogen) atoms. The highest BCUT2D eigenvalue weighted by atomic mass is 16.3. The van der Waals surface area contributed by atoms with E-state index in [1.807, 2.05) is 0 Å². The Morgan fingerprint density at radius 3 is 1.84 bits per heavy atom. The Labute approximate surface area is 116 Å². The van der Waals surface area contributed by atoms with Crippen LogP contribution in [-0.4, -0.2) is 17.8 Å². The molecule has 3 N–H and O–H groups in total. The quantitative estimate of drug-likeness (QED) is 0.658. The van der Waals surface area contributed by atoms with Crippen molar-refractivity contribution < 1.29 is 5.11 Å². The Balaban J connectivity index is 1.92. The van der Waals surface area contributed by atoms with Gasteiger partial charge in [-0.05, 0) is 19.4 Å². The monoisotopic (exact) mass is 259 g/mol. The molecule has 0 aliphatic heterocycles. The molecule has 0 amide bonds. The van der Waals surface area contributed by atoms with Crippen LogP contribution >= 0.6 is 0 Å². The van der Waals surface area contributed by atoms with E-state index in [1.165, 1.54) is 0 Å². The predicted molar refractivity (Wildman–Crippen MR) is 80.6 cm³/mol. The first-order valence-electron chi connectivity index (χ1n) is 7.41. The summed E-state index contributed by atoms with van der Waals surface area (Å²) in [5.41, 5.74) is 5.51. The van der Waals surface area contributed by atoms with E-state index in [-0.39, 0.29) is 12.0 Å². The van der Waals surface area contributed by atoms with E-state index in [1.54, 1.807) is 0 Å². The van der Waals surface area contributed by atoms with Crippen molar-refractivity contribution in [1.29, 1.82) is 0 Å². The molecule has 104 valence electrons. The fourth-order valence-corrected chi connectivity index (χ4v) is 3.05. The van der Waals surface area contributed by atoms with Gasteiger partial charge in [-0.3, -0.25) is 0 Å². The predicted octanol–water partition coefficient (Wildman–Crippen LogP) is 2.97. The third kappa shape index (κ3) is 3.92. The summed E-state index contributed by atoms with van der Waals surface area (Å²) in [4.78, 5) is 0. The van der Waals surface area contributed by atoms with Crippen LogP contribution in [0, 0.1) is 17.8 Å². The second kappa shape index (κ2) is 7.46. The zero-order valence-electron chi connectivity index (χ0n) is 11.5. The summed E-state index contributed by atoms with van der Waals surface area (Å²) in [6, 6.07) is 0. The number of allylic oxidation sites excluding steroid dienone is 8. The van der Waals surface area contributed by atoms with Crippen LogP contribution in [0.25, 0.3) is 0 Å². The smallest absolute Gasteiger partial charge is 0.0585 e. The number of aliphatic hydroxyl groups is 1. The third-order valence-corrected chi connectivity index (χ3v) is 4.09. The SMILES string of the molecule is NCCCCCC(O)C(C1C=CC=C1)C1C=CC=C1. The van der Waals surface area contributed by atoms with Crippen molar-refractivity contribution in [2.45, 2.75) is 31.8 Å². The molecule has 0 spiro atoms. The average molecular weight is 259 g/mol. The first-order valence-corrected chi connectivity index (χ1v) is 7.41. The Bertz CT molecular complexity index is 329. The third-order valence-electron chi connectivity index (χ3n) is 4.09. The highest BCUT2D eigenvalue weighted by Gasteiger charge is 2.31. The van der Waals surface area contributed by atoms with Crippen molar-refractivity contribution in [3.63, 3.8) is 0 Å². The van der Waals surface area contributed by atoms with Gasteiger partial charge in [0.05, 0.1) is 6.10 Å². The zero-order chi connectivity index (χ0) is 13.5. The summed E-state index contributed by atoms with van der Waals surface area (Å²) in [5.74, 6) is 0.992. The lowest BCUT2D eigenvalue weighted by atomic mass is 9.77. The van der Waals surface area contributed by atoms with Gasteiger partial charge in [0.25, 0.3) is 0 Å². The molecule has 0 aromatic rings. The normalized spacial score (nSPS) is 20.2. The zero-order valence-corrected chi connectivity index (χ0v) is 11.5. The van der Waals surface area contributed by atoms with Crippen molar-refractivity contribution in [2.75, 3.05) is 6.54 Å². The van der Waals surface area contributed by atoms with Gasteiger partial charge in [0, 0.05) is 17.8 Å². The maximum absolute atomic E-state index is 10.6. The lowest BCUT2D eigenvalue weighted by Gasteiger charge is -2.30. The molecule has 0 bridgehead atoms. The molecule has 0 fully saturated rings. The fraction of sp³-hybridized carbons (Fsp3) is 0.529. The minimum absolute atomic E-state index is 0.243. The summed E-state index contributed by atoms with van der Waals surface area (Å²) < 4.78 is 0. The van der Waals surface area contributed by atoms with Gasteiger partial charge in [-0.25, -0.2) is 0 Å². The average Bonchev–Trinajstić information content (AvgIpc) is 3.08. The van der Waals surface area contributed by atoms with E-state index in [4.69, 9.17) is 5.73 Å². The number of aliphatic hydroxyl groups excluding tert-OH is 1. The molecule has 0 radical (unpaired) electrons. The van der Waals surface area contributed by atoms with E-state index in [0.717, 1.165) is 32.2 Å². The molecule has 2 aliphatic rings. The number of hydrogen-bond donors (Lipinski definition) is 2. The van der Waals surface area contributed by atoms with Crippen molar-refractivity contribution in [3.05, 3.63) is 48.6 Å². The summed E-state index contributed by atoms with van der Waals surface area (Å²) in [6.07, 6.45) is 21.0. The first-order chi connectivity index (χ1) is 9.33. The van der Waals surface area contributed by atoms with Crippen molar-refractivity contribution >= 4 is 0 Å². The molecule has 1 unspecified atom stereocenters. The van der Waals surface area contributed by atoms with Gasteiger partial charge in [0.15, 0.2) is 0 Å². The van der Waals surface area contributed by atoms with Crippen LogP contribution in [0.4, 0.5) is 0 Å². The summed E-state index contributed by atoms with van der Waals surface area (Å²) in [5, 5.41) is 10.6. The minimum Gasteiger partial charge on any atom is -0.393 e. The second-order valence-corrected chi connectivity index (χ2v) is 5.48. The highest BCUT2D eigenvalue weighted by Crippen LogP contribution is 2.34. The van der Waals surface area contributed by atoms with Crippen molar-refractivity contribution in [3.8, 4) is 0 Å². The Morgan fingerprint density at radius 1 is 0.842 bits per heavy atom. The minimum atomic E-state index is -0.243. The van der Waals surface area contributed by atoms with Crippen LogP contribution in [0.5, 0.6) is 0 Å². The van der Waals surface area contributed by atoms with Crippen LogP contribution in [-0.2, 0) is 0 Å². The lowest BCUT2D eigenvalue weighted by molar-refractivity contribution is 0.0703. The van der Waals surface area contributed by atoms with Crippen LogP contribution in [0.1, 0.15) is 25.7 Å². The van der Waals surface area contributed by atoms with Gasteiger partial charge in [-0.15, -0.1) is 0 Å². The molecular weight excluding hydrogens is 234 g/mol. The Morgan fingerprint density at radius 2 is 1.37 bits per heavy atom. The number of rotatable bonds is 8. The number of unbranched alkanes of at least 4 members (excludes halogenated alkanes) is 2. The van der Waals surface area contributed by atoms with Crippen LogP contribution < -0.4 is 5.73 Å². The molecule has 2 heteroatoms. The van der Waals surface area contributed by atoms with E-state index in [0.29, 0.717) is 11.8 Å². The van der Waals surface area contributed by atoms with E-state index in [2.05, 4.69) is 48.6 Å². The largest absolute Gasteiger partial charge is 0.393 e. The lowest BCUT2D eigenvalue weighted by Crippen LogP contribution is -2.30. The standard InChI is InChI=1S/C17H25NO/c18-13-7-1-2-12-16(19)17(14-8-3-4-9-14)15-10-5-6-11-15/h3-6,8-11,14-17,19H,1-2,7,12-13,18H2. The molecule has 0 saturated carbocycles. The van der Waals surface area contributed by atoms with E-state index in [9.17, 15) is 5.11 Å². The molecule has 2 nitrogen and oxygen atoms in total.